The zero-order chi connectivity index (χ0) is 8.36. The second-order valence-electron chi connectivity index (χ2n) is 1.71. The van der Waals surface area contributed by atoms with Crippen LogP contribution in [0.15, 0.2) is 10.1 Å². The van der Waals surface area contributed by atoms with Crippen molar-refractivity contribution in [1.29, 1.82) is 0 Å². The van der Waals surface area contributed by atoms with Gasteiger partial charge in [0.2, 0.25) is 0 Å². The minimum atomic E-state index is -3.01. The summed E-state index contributed by atoms with van der Waals surface area (Å²) in [5.41, 5.74) is 0. The van der Waals surface area contributed by atoms with Crippen LogP contribution in [0.1, 0.15) is 13.3 Å². The number of allylic oxidation sites excluding steroid dienone is 1. The summed E-state index contributed by atoms with van der Waals surface area (Å²) in [5, 5.41) is 24.7. The van der Waals surface area contributed by atoms with Crippen LogP contribution in [-0.4, -0.2) is 21.3 Å². The van der Waals surface area contributed by atoms with Crippen LogP contribution in [0.2, 0.25) is 0 Å². The van der Waals surface area contributed by atoms with Crippen LogP contribution < -0.4 is 0 Å². The molecule has 0 amide bonds. The van der Waals surface area contributed by atoms with Gasteiger partial charge >= 0.3 is 5.97 Å². The Morgan fingerprint density at radius 1 is 1.30 bits per heavy atom. The third-order valence-electron chi connectivity index (χ3n) is 0.843. The van der Waals surface area contributed by atoms with Gasteiger partial charge in [0, 0.05) is 5.03 Å². The van der Waals surface area contributed by atoms with Gasteiger partial charge in [-0.15, -0.1) is 0 Å². The molecule has 0 bridgehead atoms. The van der Waals surface area contributed by atoms with E-state index in [0.717, 1.165) is 0 Å². The molecule has 0 fully saturated rings. The number of hydrogen-bond donors (Lipinski definition) is 3. The fraction of sp³-hybridized carbons (Fsp3) is 0.600. The molecule has 3 nitrogen and oxygen atoms in total. The fourth-order valence-electron chi connectivity index (χ4n) is 0.337. The van der Waals surface area contributed by atoms with Crippen molar-refractivity contribution in [2.45, 2.75) is 19.3 Å². The molecule has 60 valence electrons. The number of aliphatic hydroxyl groups is 3. The van der Waals surface area contributed by atoms with Crippen molar-refractivity contribution < 1.29 is 15.3 Å². The second kappa shape index (κ2) is 3.55. The van der Waals surface area contributed by atoms with Crippen molar-refractivity contribution in [2.75, 3.05) is 0 Å². The van der Waals surface area contributed by atoms with Crippen LogP contribution in [0.5, 0.6) is 0 Å². The van der Waals surface area contributed by atoms with Gasteiger partial charge in [0.25, 0.3) is 0 Å². The van der Waals surface area contributed by atoms with Gasteiger partial charge in [0.15, 0.2) is 0 Å². The van der Waals surface area contributed by atoms with Crippen LogP contribution in [-0.2, 0) is 0 Å². The molecule has 0 spiro atoms. The third kappa shape index (κ3) is 2.86. The van der Waals surface area contributed by atoms with Crippen LogP contribution in [0.3, 0.4) is 0 Å². The summed E-state index contributed by atoms with van der Waals surface area (Å²) < 4.78 is 0. The molecule has 0 aromatic carbocycles. The Labute approximate surface area is 68.5 Å². The zero-order valence-corrected chi connectivity index (χ0v) is 6.82. The molecule has 0 aliphatic carbocycles. The first-order valence-electron chi connectivity index (χ1n) is 2.61. The highest BCUT2D eigenvalue weighted by atomic mass is 35.5. The Balaban J connectivity index is 4.47. The van der Waals surface area contributed by atoms with Gasteiger partial charge in [0.1, 0.15) is 5.03 Å². The summed E-state index contributed by atoms with van der Waals surface area (Å²) in [5.74, 6) is -3.01. The van der Waals surface area contributed by atoms with E-state index in [4.69, 9.17) is 38.5 Å². The molecule has 5 heteroatoms. The standard InChI is InChI=1S/C5H8Cl2O3/c1-2-3(6)4(7)5(8,9)10/h8-10H,2H2,1H3/b4-3+. The van der Waals surface area contributed by atoms with Crippen molar-refractivity contribution >= 4 is 23.2 Å². The van der Waals surface area contributed by atoms with Gasteiger partial charge in [0.05, 0.1) is 0 Å². The lowest BCUT2D eigenvalue weighted by atomic mass is 10.4. The van der Waals surface area contributed by atoms with Crippen molar-refractivity contribution in [3.8, 4) is 0 Å². The maximum Gasteiger partial charge on any atom is 0.316 e. The van der Waals surface area contributed by atoms with Gasteiger partial charge in [-0.2, -0.15) is 0 Å². The van der Waals surface area contributed by atoms with Crippen LogP contribution >= 0.6 is 23.2 Å². The van der Waals surface area contributed by atoms with Crippen molar-refractivity contribution in [2.24, 2.45) is 0 Å². The predicted molar refractivity (Wildman–Crippen MR) is 38.4 cm³/mol. The van der Waals surface area contributed by atoms with Crippen LogP contribution in [0.4, 0.5) is 0 Å². The van der Waals surface area contributed by atoms with Gasteiger partial charge in [-0.3, -0.25) is 0 Å². The smallest absolute Gasteiger partial charge is 0.316 e. The molecule has 0 atom stereocenters. The fourth-order valence-corrected chi connectivity index (χ4v) is 0.598. The number of rotatable bonds is 2. The van der Waals surface area contributed by atoms with Crippen molar-refractivity contribution in [1.82, 2.24) is 0 Å². The number of hydrogen-bond acceptors (Lipinski definition) is 3. The Morgan fingerprint density at radius 3 is 1.80 bits per heavy atom. The zero-order valence-electron chi connectivity index (χ0n) is 5.30. The van der Waals surface area contributed by atoms with Crippen LogP contribution in [0.25, 0.3) is 0 Å². The monoisotopic (exact) mass is 186 g/mol. The van der Waals surface area contributed by atoms with Gasteiger partial charge in [-0.05, 0) is 6.42 Å². The molecule has 0 unspecified atom stereocenters. The summed E-state index contributed by atoms with van der Waals surface area (Å²) in [4.78, 5) is 0. The van der Waals surface area contributed by atoms with E-state index < -0.39 is 11.0 Å². The lowest BCUT2D eigenvalue weighted by Crippen LogP contribution is -2.27. The second-order valence-corrected chi connectivity index (χ2v) is 2.54. The van der Waals surface area contributed by atoms with E-state index in [-0.39, 0.29) is 5.03 Å². The highest BCUT2D eigenvalue weighted by molar-refractivity contribution is 6.39. The van der Waals surface area contributed by atoms with E-state index in [9.17, 15) is 0 Å². The Morgan fingerprint density at radius 2 is 1.70 bits per heavy atom. The first-order valence-corrected chi connectivity index (χ1v) is 3.37. The molecule has 0 saturated carbocycles. The Kier molecular flexibility index (Phi) is 3.62. The van der Waals surface area contributed by atoms with E-state index in [1.807, 2.05) is 0 Å². The lowest BCUT2D eigenvalue weighted by molar-refractivity contribution is -0.277. The molecule has 3 N–H and O–H groups in total. The molecular formula is C5H8Cl2O3. The molecule has 0 heterocycles. The normalized spacial score (nSPS) is 15.0. The van der Waals surface area contributed by atoms with Gasteiger partial charge in [-0.25, -0.2) is 0 Å². The summed E-state index contributed by atoms with van der Waals surface area (Å²) >= 11 is 10.6. The summed E-state index contributed by atoms with van der Waals surface area (Å²) in [6, 6.07) is 0. The molecule has 0 aromatic heterocycles. The summed E-state index contributed by atoms with van der Waals surface area (Å²) in [6.45, 7) is 1.66. The average Bonchev–Trinajstić information content (AvgIpc) is 1.83. The quantitative estimate of drug-likeness (QED) is 0.558. The summed E-state index contributed by atoms with van der Waals surface area (Å²) in [7, 11) is 0. The Hall–Kier alpha value is 0.200. The Bertz CT molecular complexity index is 147. The van der Waals surface area contributed by atoms with E-state index in [2.05, 4.69) is 0 Å². The predicted octanol–water partition coefficient (Wildman–Crippen LogP) is 0.716. The van der Waals surface area contributed by atoms with E-state index >= 15 is 0 Å². The van der Waals surface area contributed by atoms with E-state index in [0.29, 0.717) is 6.42 Å². The molecule has 0 radical (unpaired) electrons. The maximum absolute atomic E-state index is 8.42. The molecule has 0 aliphatic heterocycles. The van der Waals surface area contributed by atoms with Gasteiger partial charge in [-0.1, -0.05) is 30.1 Å². The van der Waals surface area contributed by atoms with E-state index in [1.165, 1.54) is 0 Å². The lowest BCUT2D eigenvalue weighted by Gasteiger charge is -2.13. The van der Waals surface area contributed by atoms with Crippen LogP contribution in [0, 0.1) is 0 Å². The average molecular weight is 187 g/mol. The third-order valence-corrected chi connectivity index (χ3v) is 1.88. The highest BCUT2D eigenvalue weighted by Gasteiger charge is 2.25. The molecule has 0 saturated heterocycles. The van der Waals surface area contributed by atoms with Crippen molar-refractivity contribution in [3.05, 3.63) is 10.1 Å². The highest BCUT2D eigenvalue weighted by Crippen LogP contribution is 2.24. The first kappa shape index (κ1) is 10.2. The summed E-state index contributed by atoms with van der Waals surface area (Å²) in [6.07, 6.45) is 0.337. The molecule has 0 aliphatic rings. The first-order chi connectivity index (χ1) is 4.39. The number of halogens is 2. The topological polar surface area (TPSA) is 60.7 Å². The minimum absolute atomic E-state index is 0.0224. The molecule has 10 heavy (non-hydrogen) atoms. The van der Waals surface area contributed by atoms with Crippen molar-refractivity contribution in [3.63, 3.8) is 0 Å². The largest absolute Gasteiger partial charge is 0.339 e. The maximum atomic E-state index is 8.42. The molecular weight excluding hydrogens is 179 g/mol. The molecule has 0 aromatic rings. The molecule has 0 rings (SSSR count). The minimum Gasteiger partial charge on any atom is -0.339 e. The van der Waals surface area contributed by atoms with E-state index in [1.54, 1.807) is 6.92 Å². The SMILES string of the molecule is CC/C(Cl)=C(\Cl)C(O)(O)O. The van der Waals surface area contributed by atoms with Gasteiger partial charge < -0.3 is 15.3 Å².